The van der Waals surface area contributed by atoms with Gasteiger partial charge in [-0.1, -0.05) is 12.0 Å². The number of nitrogens with one attached hydrogen (secondary N) is 1. The third kappa shape index (κ3) is 2.57. The van der Waals surface area contributed by atoms with Gasteiger partial charge in [-0.3, -0.25) is 4.79 Å². The zero-order chi connectivity index (χ0) is 17.5. The molecule has 1 aromatic carbocycles. The third-order valence-electron chi connectivity index (χ3n) is 5.06. The lowest BCUT2D eigenvalue weighted by molar-refractivity contribution is -0.0132. The van der Waals surface area contributed by atoms with E-state index in [2.05, 4.69) is 17.8 Å². The molecule has 3 rings (SSSR count). The van der Waals surface area contributed by atoms with Gasteiger partial charge in [-0.25, -0.2) is 4.39 Å². The van der Waals surface area contributed by atoms with Crippen molar-refractivity contribution in [2.24, 2.45) is 0 Å². The fourth-order valence-corrected chi connectivity index (χ4v) is 3.29. The molecule has 0 bridgehead atoms. The molecule has 1 fully saturated rings. The van der Waals surface area contributed by atoms with Gasteiger partial charge in [0.05, 0.1) is 22.2 Å². The van der Waals surface area contributed by atoms with Gasteiger partial charge in [-0.05, 0) is 38.3 Å². The van der Waals surface area contributed by atoms with Gasteiger partial charge in [-0.15, -0.1) is 6.42 Å². The van der Waals surface area contributed by atoms with Crippen LogP contribution in [0.15, 0.2) is 16.9 Å². The van der Waals surface area contributed by atoms with Crippen LogP contribution < -0.4 is 10.5 Å². The maximum absolute atomic E-state index is 14.8. The third-order valence-corrected chi connectivity index (χ3v) is 5.06. The Morgan fingerprint density at radius 2 is 2.04 bits per heavy atom. The summed E-state index contributed by atoms with van der Waals surface area (Å²) in [7, 11) is 1.70. The average molecular weight is 328 g/mol. The number of anilines is 1. The molecule has 0 spiro atoms. The average Bonchev–Trinajstić information content (AvgIpc) is 2.58. The summed E-state index contributed by atoms with van der Waals surface area (Å²) < 4.78 is 20.4. The zero-order valence-corrected chi connectivity index (χ0v) is 14.2. The van der Waals surface area contributed by atoms with Gasteiger partial charge in [-0.2, -0.15) is 0 Å². The zero-order valence-electron chi connectivity index (χ0n) is 14.2. The minimum atomic E-state index is -0.358. The maximum Gasteiger partial charge on any atom is 0.266 e. The summed E-state index contributed by atoms with van der Waals surface area (Å²) in [4.78, 5) is 17.0. The number of ether oxygens (including phenoxy) is 1. The minimum Gasteiger partial charge on any atom is -0.378 e. The lowest BCUT2D eigenvalue weighted by atomic mass is 9.92. The van der Waals surface area contributed by atoms with Crippen LogP contribution in [0.25, 0.3) is 10.9 Å². The van der Waals surface area contributed by atoms with E-state index >= 15 is 0 Å². The molecule has 1 aliphatic heterocycles. The van der Waals surface area contributed by atoms with Gasteiger partial charge < -0.3 is 14.6 Å². The van der Waals surface area contributed by atoms with Crippen molar-refractivity contribution in [3.05, 3.63) is 39.4 Å². The Balaban J connectivity index is 2.21. The van der Waals surface area contributed by atoms with Crippen LogP contribution in [0.1, 0.15) is 30.9 Å². The van der Waals surface area contributed by atoms with Crippen LogP contribution in [0.4, 0.5) is 10.1 Å². The predicted molar refractivity (Wildman–Crippen MR) is 94.1 cm³/mol. The molecule has 0 aliphatic carbocycles. The number of aryl methyl sites for hydroxylation is 1. The topological polar surface area (TPSA) is 45.3 Å². The number of methoxy groups -OCH3 is 1. The number of aromatic amines is 1. The summed E-state index contributed by atoms with van der Waals surface area (Å²) >= 11 is 0. The van der Waals surface area contributed by atoms with Crippen LogP contribution in [-0.2, 0) is 4.74 Å². The fraction of sp³-hybridized carbons (Fsp3) is 0.421. The van der Waals surface area contributed by atoms with E-state index in [4.69, 9.17) is 11.2 Å². The number of pyridine rings is 1. The Kier molecular flexibility index (Phi) is 4.10. The van der Waals surface area contributed by atoms with Gasteiger partial charge in [0.15, 0.2) is 0 Å². The Labute approximate surface area is 140 Å². The molecule has 5 heteroatoms. The van der Waals surface area contributed by atoms with Crippen LogP contribution in [0.5, 0.6) is 0 Å². The van der Waals surface area contributed by atoms with E-state index in [1.54, 1.807) is 26.2 Å². The van der Waals surface area contributed by atoms with E-state index < -0.39 is 0 Å². The van der Waals surface area contributed by atoms with Gasteiger partial charge >= 0.3 is 0 Å². The van der Waals surface area contributed by atoms with Crippen molar-refractivity contribution in [2.45, 2.75) is 32.3 Å². The molecule has 0 amide bonds. The Bertz CT molecular complexity index is 887. The van der Waals surface area contributed by atoms with E-state index in [-0.39, 0.29) is 22.5 Å². The first kappa shape index (κ1) is 16.5. The van der Waals surface area contributed by atoms with E-state index in [0.29, 0.717) is 35.2 Å². The van der Waals surface area contributed by atoms with Crippen LogP contribution in [-0.4, -0.2) is 30.8 Å². The molecule has 1 aromatic heterocycles. The van der Waals surface area contributed by atoms with Crippen LogP contribution in [0, 0.1) is 25.1 Å². The van der Waals surface area contributed by atoms with Gasteiger partial charge in [0.1, 0.15) is 11.4 Å². The fourth-order valence-electron chi connectivity index (χ4n) is 3.29. The first-order chi connectivity index (χ1) is 11.4. The largest absolute Gasteiger partial charge is 0.378 e. The highest BCUT2D eigenvalue weighted by atomic mass is 19.1. The summed E-state index contributed by atoms with van der Waals surface area (Å²) in [5.74, 6) is 2.11. The molecule has 1 N–H and O–H groups in total. The van der Waals surface area contributed by atoms with Crippen molar-refractivity contribution in [3.8, 4) is 12.3 Å². The molecule has 1 saturated heterocycles. The quantitative estimate of drug-likeness (QED) is 0.862. The maximum atomic E-state index is 14.8. The monoisotopic (exact) mass is 328 g/mol. The number of aromatic nitrogens is 1. The number of terminal acetylenes is 1. The molecular formula is C19H21FN2O2. The second-order valence-electron chi connectivity index (χ2n) is 6.58. The van der Waals surface area contributed by atoms with Gasteiger partial charge in [0.2, 0.25) is 0 Å². The first-order valence-corrected chi connectivity index (χ1v) is 8.02. The van der Waals surface area contributed by atoms with Crippen molar-refractivity contribution in [2.75, 3.05) is 25.1 Å². The van der Waals surface area contributed by atoms with E-state index in [0.717, 1.165) is 12.8 Å². The molecule has 2 heterocycles. The molecule has 24 heavy (non-hydrogen) atoms. The number of nitrogens with zero attached hydrogens (tertiary/aromatic N) is 1. The summed E-state index contributed by atoms with van der Waals surface area (Å²) in [6, 6.07) is 3.38. The van der Waals surface area contributed by atoms with Crippen molar-refractivity contribution >= 4 is 16.6 Å². The van der Waals surface area contributed by atoms with Gasteiger partial charge in [0.25, 0.3) is 5.56 Å². The Morgan fingerprint density at radius 1 is 1.38 bits per heavy atom. The normalized spacial score (nSPS) is 17.0. The SMILES string of the molecule is C#Cc1c(N2CCC(C)(OC)CC2)c2c(F)c(C)ccc2[nH]c1=O. The second-order valence-corrected chi connectivity index (χ2v) is 6.58. The van der Waals surface area contributed by atoms with Crippen molar-refractivity contribution in [1.82, 2.24) is 4.98 Å². The number of piperidine rings is 1. The highest BCUT2D eigenvalue weighted by Gasteiger charge is 2.32. The number of fused-ring (bicyclic) bond motifs is 1. The number of halogens is 1. The number of hydrogen-bond donors (Lipinski definition) is 1. The van der Waals surface area contributed by atoms with Crippen LogP contribution in [0.3, 0.4) is 0 Å². The minimum absolute atomic E-state index is 0.188. The summed E-state index contributed by atoms with van der Waals surface area (Å²) in [5, 5.41) is 0.392. The van der Waals surface area contributed by atoms with Crippen LogP contribution in [0.2, 0.25) is 0 Å². The molecular weight excluding hydrogens is 307 g/mol. The summed E-state index contributed by atoms with van der Waals surface area (Å²) in [5.41, 5.74) is 1.15. The van der Waals surface area contributed by atoms with Crippen LogP contribution >= 0.6 is 0 Å². The summed E-state index contributed by atoms with van der Waals surface area (Å²) in [6.45, 7) is 5.08. The van der Waals surface area contributed by atoms with Gasteiger partial charge in [0, 0.05) is 20.2 Å². The smallest absolute Gasteiger partial charge is 0.266 e. The number of hydrogen-bond acceptors (Lipinski definition) is 3. The molecule has 0 saturated carbocycles. The Hall–Kier alpha value is -2.32. The number of rotatable bonds is 2. The standard InChI is InChI=1S/C19H21FN2O2/c1-5-13-17(22-10-8-19(3,24-4)9-11-22)15-14(21-18(13)23)7-6-12(2)16(15)20/h1,6-7H,8-11H2,2-4H3,(H,21,23). The number of H-pyrrole nitrogens is 1. The second kappa shape index (κ2) is 5.95. The lowest BCUT2D eigenvalue weighted by Gasteiger charge is -2.40. The number of benzene rings is 1. The highest BCUT2D eigenvalue weighted by molar-refractivity contribution is 5.95. The highest BCUT2D eigenvalue weighted by Crippen LogP contribution is 2.35. The Morgan fingerprint density at radius 3 is 2.62 bits per heavy atom. The predicted octanol–water partition coefficient (Wildman–Crippen LogP) is 2.96. The molecule has 0 radical (unpaired) electrons. The molecule has 126 valence electrons. The lowest BCUT2D eigenvalue weighted by Crippen LogP contribution is -2.44. The molecule has 1 aliphatic rings. The first-order valence-electron chi connectivity index (χ1n) is 8.02. The van der Waals surface area contributed by atoms with Crippen molar-refractivity contribution in [1.29, 1.82) is 0 Å². The summed E-state index contributed by atoms with van der Waals surface area (Å²) in [6.07, 6.45) is 7.15. The van der Waals surface area contributed by atoms with Crippen molar-refractivity contribution < 1.29 is 9.13 Å². The van der Waals surface area contributed by atoms with E-state index in [1.165, 1.54) is 0 Å². The molecule has 2 aromatic rings. The van der Waals surface area contributed by atoms with E-state index in [1.807, 2.05) is 4.90 Å². The molecule has 0 atom stereocenters. The van der Waals surface area contributed by atoms with Crippen molar-refractivity contribution in [3.63, 3.8) is 0 Å². The van der Waals surface area contributed by atoms with E-state index in [9.17, 15) is 9.18 Å². The molecule has 0 unspecified atom stereocenters. The molecule has 4 nitrogen and oxygen atoms in total.